The fourth-order valence-corrected chi connectivity index (χ4v) is 3.19. The quantitative estimate of drug-likeness (QED) is 0.571. The van der Waals surface area contributed by atoms with Crippen molar-refractivity contribution in [3.05, 3.63) is 44.5 Å². The van der Waals surface area contributed by atoms with Crippen molar-refractivity contribution in [3.8, 4) is 0 Å². The van der Waals surface area contributed by atoms with Gasteiger partial charge in [0, 0.05) is 13.1 Å². The van der Waals surface area contributed by atoms with E-state index in [0.717, 1.165) is 11.5 Å². The molecule has 0 bridgehead atoms. The highest BCUT2D eigenvalue weighted by Gasteiger charge is 2.25. The standard InChI is InChI=1S/C21H33N5O4/c1-12(2)10-25(17(27)9-23-15(6)16-8-7-14(5)30-16)18-19(22)26(11-13(3)4)21(29)24-20(18)28/h7-8,12-13,15,23H,9-11,22H2,1-6H3,(H,24,28,29). The number of hydrogen-bond donors (Lipinski definition) is 3. The predicted molar refractivity (Wildman–Crippen MR) is 118 cm³/mol. The number of aryl methyl sites for hydroxylation is 1. The number of aromatic amines is 1. The Bertz CT molecular complexity index is 986. The molecule has 0 aromatic carbocycles. The smallest absolute Gasteiger partial charge is 0.330 e. The van der Waals surface area contributed by atoms with Gasteiger partial charge in [-0.2, -0.15) is 0 Å². The molecule has 1 atom stereocenters. The molecule has 0 radical (unpaired) electrons. The summed E-state index contributed by atoms with van der Waals surface area (Å²) in [6, 6.07) is 3.53. The third-order valence-electron chi connectivity index (χ3n) is 4.63. The van der Waals surface area contributed by atoms with Gasteiger partial charge in [-0.3, -0.25) is 24.5 Å². The molecule has 1 amide bonds. The molecule has 0 fully saturated rings. The van der Waals surface area contributed by atoms with Crippen LogP contribution in [0.2, 0.25) is 0 Å². The van der Waals surface area contributed by atoms with Crippen LogP contribution in [0.5, 0.6) is 0 Å². The molecule has 30 heavy (non-hydrogen) atoms. The van der Waals surface area contributed by atoms with Gasteiger partial charge in [0.25, 0.3) is 5.56 Å². The van der Waals surface area contributed by atoms with E-state index in [1.165, 1.54) is 9.47 Å². The van der Waals surface area contributed by atoms with E-state index >= 15 is 0 Å². The molecule has 0 aliphatic carbocycles. The number of nitrogens with one attached hydrogen (secondary N) is 2. The van der Waals surface area contributed by atoms with Crippen molar-refractivity contribution in [2.45, 2.75) is 54.1 Å². The number of hydrogen-bond acceptors (Lipinski definition) is 6. The second-order valence-corrected chi connectivity index (χ2v) is 8.45. The van der Waals surface area contributed by atoms with Crippen LogP contribution in [0.25, 0.3) is 0 Å². The molecule has 166 valence electrons. The van der Waals surface area contributed by atoms with Crippen LogP contribution in [0.1, 0.15) is 52.2 Å². The van der Waals surface area contributed by atoms with E-state index in [0.29, 0.717) is 13.1 Å². The van der Waals surface area contributed by atoms with Gasteiger partial charge in [0.15, 0.2) is 5.69 Å². The van der Waals surface area contributed by atoms with Gasteiger partial charge in [-0.25, -0.2) is 4.79 Å². The zero-order chi connectivity index (χ0) is 22.6. The lowest BCUT2D eigenvalue weighted by atomic mass is 10.2. The van der Waals surface area contributed by atoms with Gasteiger partial charge in [-0.05, 0) is 37.8 Å². The maximum atomic E-state index is 13.1. The number of carbonyl (C=O) groups excluding carboxylic acids is 1. The molecule has 0 aliphatic heterocycles. The summed E-state index contributed by atoms with van der Waals surface area (Å²) in [5.74, 6) is 1.42. The van der Waals surface area contributed by atoms with Crippen molar-refractivity contribution >= 4 is 17.4 Å². The van der Waals surface area contributed by atoms with Gasteiger partial charge >= 0.3 is 5.69 Å². The number of H-pyrrole nitrogens is 1. The average Bonchev–Trinajstić information content (AvgIpc) is 3.08. The summed E-state index contributed by atoms with van der Waals surface area (Å²) in [4.78, 5) is 41.6. The SMILES string of the molecule is Cc1ccc(C(C)NCC(=O)N(CC(C)C)c2c(N)n(CC(C)C)c(=O)[nH]c2=O)o1. The molecule has 2 heterocycles. The Kier molecular flexibility index (Phi) is 7.66. The van der Waals surface area contributed by atoms with E-state index < -0.39 is 11.2 Å². The summed E-state index contributed by atoms with van der Waals surface area (Å²) in [5.41, 5.74) is 4.98. The van der Waals surface area contributed by atoms with Crippen molar-refractivity contribution in [1.29, 1.82) is 0 Å². The fourth-order valence-electron chi connectivity index (χ4n) is 3.19. The normalized spacial score (nSPS) is 12.5. The summed E-state index contributed by atoms with van der Waals surface area (Å²) in [7, 11) is 0. The molecule has 0 saturated heterocycles. The molecule has 0 saturated carbocycles. The highest BCUT2D eigenvalue weighted by Crippen LogP contribution is 2.20. The summed E-state index contributed by atoms with van der Waals surface area (Å²) in [5, 5.41) is 3.13. The number of anilines is 2. The maximum Gasteiger partial charge on any atom is 0.330 e. The minimum absolute atomic E-state index is 0.00107. The number of amides is 1. The molecule has 0 spiro atoms. The second-order valence-electron chi connectivity index (χ2n) is 8.45. The molecule has 1 unspecified atom stereocenters. The first-order valence-electron chi connectivity index (χ1n) is 10.2. The van der Waals surface area contributed by atoms with Gasteiger partial charge < -0.3 is 15.1 Å². The Morgan fingerprint density at radius 1 is 1.20 bits per heavy atom. The summed E-state index contributed by atoms with van der Waals surface area (Å²) in [6.45, 7) is 12.1. The molecule has 9 nitrogen and oxygen atoms in total. The topological polar surface area (TPSA) is 126 Å². The Morgan fingerprint density at radius 3 is 2.40 bits per heavy atom. The molecule has 0 aliphatic rings. The van der Waals surface area contributed by atoms with E-state index in [9.17, 15) is 14.4 Å². The van der Waals surface area contributed by atoms with Crippen LogP contribution in [-0.4, -0.2) is 28.5 Å². The number of nitrogen functional groups attached to an aromatic ring is 1. The third kappa shape index (κ3) is 5.63. The lowest BCUT2D eigenvalue weighted by Crippen LogP contribution is -2.46. The van der Waals surface area contributed by atoms with Gasteiger partial charge in [0.05, 0.1) is 12.6 Å². The summed E-state index contributed by atoms with van der Waals surface area (Å²) < 4.78 is 6.90. The van der Waals surface area contributed by atoms with E-state index in [-0.39, 0.29) is 41.8 Å². The lowest BCUT2D eigenvalue weighted by Gasteiger charge is -2.27. The highest BCUT2D eigenvalue weighted by molar-refractivity contribution is 5.96. The number of carbonyl (C=O) groups is 1. The van der Waals surface area contributed by atoms with Crippen LogP contribution >= 0.6 is 0 Å². The van der Waals surface area contributed by atoms with Crippen molar-refractivity contribution < 1.29 is 9.21 Å². The van der Waals surface area contributed by atoms with Crippen LogP contribution in [-0.2, 0) is 11.3 Å². The first-order chi connectivity index (χ1) is 14.0. The highest BCUT2D eigenvalue weighted by atomic mass is 16.3. The molecule has 4 N–H and O–H groups in total. The van der Waals surface area contributed by atoms with Gasteiger partial charge in [-0.1, -0.05) is 27.7 Å². The van der Waals surface area contributed by atoms with E-state index in [1.54, 1.807) is 0 Å². The van der Waals surface area contributed by atoms with Crippen LogP contribution in [0.3, 0.4) is 0 Å². The zero-order valence-electron chi connectivity index (χ0n) is 18.6. The first kappa shape index (κ1) is 23.5. The Morgan fingerprint density at radius 2 is 1.87 bits per heavy atom. The fraction of sp³-hybridized carbons (Fsp3) is 0.571. The average molecular weight is 420 g/mol. The molecule has 2 rings (SSSR count). The number of aromatic nitrogens is 2. The van der Waals surface area contributed by atoms with E-state index in [1.807, 2.05) is 53.7 Å². The molecule has 2 aromatic heterocycles. The van der Waals surface area contributed by atoms with Crippen LogP contribution in [0.15, 0.2) is 26.1 Å². The van der Waals surface area contributed by atoms with E-state index in [4.69, 9.17) is 10.2 Å². The number of rotatable bonds is 9. The minimum Gasteiger partial charge on any atom is -0.465 e. The van der Waals surface area contributed by atoms with E-state index in [2.05, 4.69) is 10.3 Å². The number of furan rings is 1. The number of nitrogens with two attached hydrogens (primary N) is 1. The van der Waals surface area contributed by atoms with Crippen molar-refractivity contribution in [1.82, 2.24) is 14.9 Å². The first-order valence-corrected chi connectivity index (χ1v) is 10.2. The van der Waals surface area contributed by atoms with Crippen LogP contribution in [0, 0.1) is 18.8 Å². The Labute approximate surface area is 176 Å². The monoisotopic (exact) mass is 419 g/mol. The lowest BCUT2D eigenvalue weighted by molar-refractivity contribution is -0.118. The molecular formula is C21H33N5O4. The molecule has 9 heteroatoms. The van der Waals surface area contributed by atoms with Crippen LogP contribution < -0.4 is 27.2 Å². The van der Waals surface area contributed by atoms with Crippen molar-refractivity contribution in [2.75, 3.05) is 23.7 Å². The third-order valence-corrected chi connectivity index (χ3v) is 4.63. The number of nitrogens with zero attached hydrogens (tertiary/aromatic N) is 2. The van der Waals surface area contributed by atoms with Gasteiger partial charge in [0.1, 0.15) is 17.3 Å². The van der Waals surface area contributed by atoms with Gasteiger partial charge in [-0.15, -0.1) is 0 Å². The predicted octanol–water partition coefficient (Wildman–Crippen LogP) is 2.02. The van der Waals surface area contributed by atoms with Crippen molar-refractivity contribution in [3.63, 3.8) is 0 Å². The maximum absolute atomic E-state index is 13.1. The van der Waals surface area contributed by atoms with Crippen molar-refractivity contribution in [2.24, 2.45) is 11.8 Å². The molecule has 2 aromatic rings. The summed E-state index contributed by atoms with van der Waals surface area (Å²) >= 11 is 0. The zero-order valence-corrected chi connectivity index (χ0v) is 18.6. The Balaban J connectivity index is 2.34. The van der Waals surface area contributed by atoms with Crippen LogP contribution in [0.4, 0.5) is 11.5 Å². The minimum atomic E-state index is -0.666. The second kappa shape index (κ2) is 9.80. The largest absolute Gasteiger partial charge is 0.465 e. The Hall–Kier alpha value is -2.81. The molecular weight excluding hydrogens is 386 g/mol. The summed E-state index contributed by atoms with van der Waals surface area (Å²) in [6.07, 6.45) is 0. The van der Waals surface area contributed by atoms with Gasteiger partial charge in [0.2, 0.25) is 5.91 Å².